The van der Waals surface area contributed by atoms with E-state index in [2.05, 4.69) is 15.5 Å². The summed E-state index contributed by atoms with van der Waals surface area (Å²) in [4.78, 5) is 16.2. The fourth-order valence-corrected chi connectivity index (χ4v) is 3.47. The van der Waals surface area contributed by atoms with Crippen molar-refractivity contribution in [3.8, 4) is 0 Å². The number of halogens is 1. The molecule has 0 atom stereocenters. The number of carbonyl (C=O) groups is 1. The third-order valence-electron chi connectivity index (χ3n) is 3.95. The Hall–Kier alpha value is -2.33. The Kier molecular flexibility index (Phi) is 6.89. The van der Waals surface area contributed by atoms with Gasteiger partial charge in [-0.05, 0) is 30.7 Å². The summed E-state index contributed by atoms with van der Waals surface area (Å²) in [6, 6.07) is 4.61. The molecule has 0 bridgehead atoms. The van der Waals surface area contributed by atoms with Gasteiger partial charge >= 0.3 is 0 Å². The maximum atomic E-state index is 13.0. The second-order valence-electron chi connectivity index (χ2n) is 7.43. The van der Waals surface area contributed by atoms with Gasteiger partial charge in [0.25, 0.3) is 0 Å². The van der Waals surface area contributed by atoms with Gasteiger partial charge in [-0.2, -0.15) is 4.98 Å². The summed E-state index contributed by atoms with van der Waals surface area (Å²) in [6.45, 7) is 6.13. The van der Waals surface area contributed by atoms with Crippen molar-refractivity contribution in [2.24, 2.45) is 0 Å². The molecule has 1 aromatic heterocycles. The Morgan fingerprint density at radius 1 is 1.25 bits per heavy atom. The number of hydrogen-bond acceptors (Lipinski definition) is 6. The van der Waals surface area contributed by atoms with Gasteiger partial charge in [0, 0.05) is 25.4 Å². The molecule has 1 N–H and O–H groups in total. The van der Waals surface area contributed by atoms with E-state index in [1.807, 2.05) is 20.8 Å². The fourth-order valence-electron chi connectivity index (χ4n) is 2.27. The lowest BCUT2D eigenvalue weighted by Gasteiger charge is -2.17. The lowest BCUT2D eigenvalue weighted by molar-refractivity contribution is -0.121. The van der Waals surface area contributed by atoms with Gasteiger partial charge in [-0.1, -0.05) is 25.9 Å². The van der Waals surface area contributed by atoms with E-state index in [0.29, 0.717) is 18.1 Å². The van der Waals surface area contributed by atoms with Crippen LogP contribution in [0.25, 0.3) is 0 Å². The molecule has 0 radical (unpaired) electrons. The zero-order valence-corrected chi connectivity index (χ0v) is 17.2. The van der Waals surface area contributed by atoms with Crippen LogP contribution in [-0.4, -0.2) is 42.4 Å². The van der Waals surface area contributed by atoms with Crippen LogP contribution in [0.5, 0.6) is 0 Å². The molecule has 154 valence electrons. The molecule has 8 nitrogen and oxygen atoms in total. The first-order chi connectivity index (χ1) is 13.0. The summed E-state index contributed by atoms with van der Waals surface area (Å²) >= 11 is 0. The van der Waals surface area contributed by atoms with E-state index in [4.69, 9.17) is 4.52 Å². The van der Waals surface area contributed by atoms with Crippen LogP contribution in [0, 0.1) is 5.82 Å². The van der Waals surface area contributed by atoms with Gasteiger partial charge in [0.1, 0.15) is 5.82 Å². The second-order valence-corrected chi connectivity index (χ2v) is 9.47. The molecule has 0 saturated carbocycles. The lowest BCUT2D eigenvalue weighted by atomic mass is 9.97. The predicted octanol–water partition coefficient (Wildman–Crippen LogP) is 2.22. The first-order valence-corrected chi connectivity index (χ1v) is 10.3. The highest BCUT2D eigenvalue weighted by Gasteiger charge is 2.22. The molecular formula is C18H25FN4O4S. The molecule has 0 spiro atoms. The van der Waals surface area contributed by atoms with Gasteiger partial charge in [-0.25, -0.2) is 17.1 Å². The van der Waals surface area contributed by atoms with Crippen LogP contribution >= 0.6 is 0 Å². The molecule has 0 unspecified atom stereocenters. The van der Waals surface area contributed by atoms with Crippen molar-refractivity contribution in [1.29, 1.82) is 0 Å². The Morgan fingerprint density at radius 2 is 1.89 bits per heavy atom. The quantitative estimate of drug-likeness (QED) is 0.713. The van der Waals surface area contributed by atoms with Gasteiger partial charge in [0.15, 0.2) is 5.82 Å². The highest BCUT2D eigenvalue weighted by Crippen LogP contribution is 2.19. The minimum atomic E-state index is -3.72. The minimum absolute atomic E-state index is 0.00705. The molecule has 0 fully saturated rings. The number of hydrogen-bond donors (Lipinski definition) is 1. The number of benzene rings is 1. The summed E-state index contributed by atoms with van der Waals surface area (Å²) in [7, 11) is -2.30. The van der Waals surface area contributed by atoms with Crippen LogP contribution in [-0.2, 0) is 26.8 Å². The summed E-state index contributed by atoms with van der Waals surface area (Å²) in [5.74, 6) is 0.128. The minimum Gasteiger partial charge on any atom is -0.349 e. The number of nitrogens with zero attached hydrogens (tertiary/aromatic N) is 3. The molecule has 0 saturated heterocycles. The standard InChI is InChI=1S/C18H25FN4O4S/c1-18(2,3)17-21-15(22-27-17)12-20-16(24)6-5-11-23(4)28(25,26)14-9-7-13(19)8-10-14/h7-10H,5-6,11-12H2,1-4H3,(H,20,24). The fraction of sp³-hybridized carbons (Fsp3) is 0.500. The first kappa shape index (κ1) is 22.0. The summed E-state index contributed by atoms with van der Waals surface area (Å²) in [5, 5.41) is 6.50. The van der Waals surface area contributed by atoms with Crippen LogP contribution in [0.4, 0.5) is 4.39 Å². The van der Waals surface area contributed by atoms with E-state index < -0.39 is 15.8 Å². The van der Waals surface area contributed by atoms with E-state index in [1.165, 1.54) is 19.2 Å². The first-order valence-electron chi connectivity index (χ1n) is 8.82. The number of nitrogens with one attached hydrogen (secondary N) is 1. The highest BCUT2D eigenvalue weighted by molar-refractivity contribution is 7.89. The Balaban J connectivity index is 1.78. The molecule has 1 aromatic carbocycles. The molecule has 1 heterocycles. The Morgan fingerprint density at radius 3 is 2.46 bits per heavy atom. The van der Waals surface area contributed by atoms with Crippen molar-refractivity contribution in [2.75, 3.05) is 13.6 Å². The van der Waals surface area contributed by atoms with Crippen molar-refractivity contribution in [2.45, 2.75) is 50.5 Å². The van der Waals surface area contributed by atoms with E-state index in [-0.39, 0.29) is 35.7 Å². The van der Waals surface area contributed by atoms with Crippen molar-refractivity contribution in [3.63, 3.8) is 0 Å². The molecule has 2 rings (SSSR count). The highest BCUT2D eigenvalue weighted by atomic mass is 32.2. The maximum Gasteiger partial charge on any atom is 0.242 e. The Labute approximate surface area is 164 Å². The molecule has 0 aliphatic heterocycles. The summed E-state index contributed by atoms with van der Waals surface area (Å²) < 4.78 is 44.0. The molecule has 0 aliphatic carbocycles. The third-order valence-corrected chi connectivity index (χ3v) is 5.82. The van der Waals surface area contributed by atoms with Gasteiger partial charge in [-0.3, -0.25) is 4.79 Å². The van der Waals surface area contributed by atoms with Crippen molar-refractivity contribution < 1.29 is 22.1 Å². The van der Waals surface area contributed by atoms with E-state index in [1.54, 1.807) is 0 Å². The van der Waals surface area contributed by atoms with Crippen molar-refractivity contribution >= 4 is 15.9 Å². The van der Waals surface area contributed by atoms with E-state index in [9.17, 15) is 17.6 Å². The number of aromatic nitrogens is 2. The summed E-state index contributed by atoms with van der Waals surface area (Å²) in [6.07, 6.45) is 0.482. The topological polar surface area (TPSA) is 105 Å². The van der Waals surface area contributed by atoms with Crippen LogP contribution in [0.2, 0.25) is 0 Å². The normalized spacial score (nSPS) is 12.4. The largest absolute Gasteiger partial charge is 0.349 e. The van der Waals surface area contributed by atoms with Crippen molar-refractivity contribution in [1.82, 2.24) is 19.8 Å². The smallest absolute Gasteiger partial charge is 0.242 e. The van der Waals surface area contributed by atoms with Crippen LogP contribution in [0.1, 0.15) is 45.3 Å². The lowest BCUT2D eigenvalue weighted by Crippen LogP contribution is -2.29. The third kappa shape index (κ3) is 5.83. The van der Waals surface area contributed by atoms with Gasteiger partial charge in [-0.15, -0.1) is 0 Å². The Bertz CT molecular complexity index is 904. The SMILES string of the molecule is CN(CCCC(=O)NCc1noc(C(C)(C)C)n1)S(=O)(=O)c1ccc(F)cc1. The predicted molar refractivity (Wildman–Crippen MR) is 100 cm³/mol. The van der Waals surface area contributed by atoms with Gasteiger partial charge in [0.2, 0.25) is 21.8 Å². The molecular weight excluding hydrogens is 387 g/mol. The van der Waals surface area contributed by atoms with Crippen LogP contribution in [0.3, 0.4) is 0 Å². The molecule has 2 aromatic rings. The van der Waals surface area contributed by atoms with Crippen LogP contribution < -0.4 is 5.32 Å². The van der Waals surface area contributed by atoms with Gasteiger partial charge < -0.3 is 9.84 Å². The molecule has 28 heavy (non-hydrogen) atoms. The number of rotatable bonds is 8. The monoisotopic (exact) mass is 412 g/mol. The average Bonchev–Trinajstić information content (AvgIpc) is 3.09. The molecule has 0 aliphatic rings. The second kappa shape index (κ2) is 8.78. The summed E-state index contributed by atoms with van der Waals surface area (Å²) in [5.41, 5.74) is -0.268. The molecule has 10 heteroatoms. The van der Waals surface area contributed by atoms with E-state index >= 15 is 0 Å². The number of amides is 1. The molecule has 1 amide bonds. The number of carbonyl (C=O) groups excluding carboxylic acids is 1. The van der Waals surface area contributed by atoms with E-state index in [0.717, 1.165) is 16.4 Å². The zero-order valence-electron chi connectivity index (χ0n) is 16.4. The zero-order chi connectivity index (χ0) is 20.9. The van der Waals surface area contributed by atoms with Crippen molar-refractivity contribution in [3.05, 3.63) is 41.8 Å². The number of sulfonamides is 1. The van der Waals surface area contributed by atoms with Gasteiger partial charge in [0.05, 0.1) is 11.4 Å². The average molecular weight is 412 g/mol. The van der Waals surface area contributed by atoms with Crippen LogP contribution in [0.15, 0.2) is 33.7 Å². The maximum absolute atomic E-state index is 13.0.